The molecule has 4 nitrogen and oxygen atoms in total. The number of nitrogens with one attached hydrogen (secondary N) is 1. The van der Waals surface area contributed by atoms with Crippen LogP contribution in [0.4, 0.5) is 4.79 Å². The number of carbonyl (C=O) groups is 1. The molecule has 1 aliphatic heterocycles. The lowest BCUT2D eigenvalue weighted by Gasteiger charge is -2.23. The van der Waals surface area contributed by atoms with E-state index in [-0.39, 0.29) is 18.6 Å². The summed E-state index contributed by atoms with van der Waals surface area (Å²) in [5, 5.41) is 11.9. The van der Waals surface area contributed by atoms with E-state index in [0.717, 1.165) is 11.5 Å². The van der Waals surface area contributed by atoms with Crippen molar-refractivity contribution in [3.63, 3.8) is 0 Å². The lowest BCUT2D eigenvalue weighted by Crippen LogP contribution is -2.43. The molecule has 88 valence electrons. The number of hydrogen-bond donors (Lipinski definition) is 2. The minimum Gasteiger partial charge on any atom is -0.444 e. The van der Waals surface area contributed by atoms with E-state index in [1.54, 1.807) is 11.8 Å². The smallest absolute Gasteiger partial charge is 0.407 e. The number of ether oxygens (including phenoxy) is 1. The van der Waals surface area contributed by atoms with E-state index >= 15 is 0 Å². The predicted octanol–water partition coefficient (Wildman–Crippen LogP) is 1.23. The van der Waals surface area contributed by atoms with Gasteiger partial charge in [0, 0.05) is 30.1 Å². The van der Waals surface area contributed by atoms with Gasteiger partial charge in [-0.3, -0.25) is 0 Å². The fraction of sp³-hybridized carbons (Fsp3) is 0.900. The third-order valence-electron chi connectivity index (χ3n) is 2.14. The van der Waals surface area contributed by atoms with Gasteiger partial charge in [0.1, 0.15) is 5.60 Å². The maximum atomic E-state index is 11.5. The molecule has 1 saturated heterocycles. The van der Waals surface area contributed by atoms with Gasteiger partial charge < -0.3 is 15.2 Å². The van der Waals surface area contributed by atoms with E-state index in [0.29, 0.717) is 0 Å². The molecule has 2 N–H and O–H groups in total. The van der Waals surface area contributed by atoms with Crippen LogP contribution in [0.5, 0.6) is 0 Å². The van der Waals surface area contributed by atoms with Crippen molar-refractivity contribution >= 4 is 17.9 Å². The van der Waals surface area contributed by atoms with Crippen LogP contribution >= 0.6 is 11.8 Å². The van der Waals surface area contributed by atoms with Gasteiger partial charge in [-0.05, 0) is 20.8 Å². The lowest BCUT2D eigenvalue weighted by molar-refractivity contribution is 0.0489. The third kappa shape index (κ3) is 4.30. The van der Waals surface area contributed by atoms with Gasteiger partial charge in [-0.25, -0.2) is 4.79 Å². The van der Waals surface area contributed by atoms with Gasteiger partial charge in [0.2, 0.25) is 0 Å². The Kier molecular flexibility index (Phi) is 4.28. The largest absolute Gasteiger partial charge is 0.444 e. The minimum atomic E-state index is -0.468. The van der Waals surface area contributed by atoms with Gasteiger partial charge in [-0.2, -0.15) is 11.8 Å². The number of rotatable bonds is 2. The van der Waals surface area contributed by atoms with Crippen LogP contribution in [0.15, 0.2) is 0 Å². The van der Waals surface area contributed by atoms with Crippen LogP contribution in [-0.2, 0) is 4.74 Å². The Bertz CT molecular complexity index is 227. The van der Waals surface area contributed by atoms with Crippen LogP contribution in [-0.4, -0.2) is 41.0 Å². The molecule has 2 atom stereocenters. The topological polar surface area (TPSA) is 58.6 Å². The number of thioether (sulfide) groups is 1. The van der Waals surface area contributed by atoms with Gasteiger partial charge in [-0.15, -0.1) is 0 Å². The summed E-state index contributed by atoms with van der Waals surface area (Å²) in [6.45, 7) is 5.62. The molecule has 1 rings (SSSR count). The van der Waals surface area contributed by atoms with Crippen LogP contribution in [0.1, 0.15) is 20.8 Å². The van der Waals surface area contributed by atoms with Crippen LogP contribution < -0.4 is 5.32 Å². The Morgan fingerprint density at radius 3 is 2.73 bits per heavy atom. The molecule has 0 radical (unpaired) electrons. The van der Waals surface area contributed by atoms with Crippen LogP contribution in [0.3, 0.4) is 0 Å². The first-order valence-electron chi connectivity index (χ1n) is 5.10. The van der Waals surface area contributed by atoms with Crippen molar-refractivity contribution in [2.45, 2.75) is 32.4 Å². The van der Waals surface area contributed by atoms with Crippen LogP contribution in [0.2, 0.25) is 0 Å². The van der Waals surface area contributed by atoms with E-state index in [1.165, 1.54) is 0 Å². The number of aliphatic hydroxyl groups is 1. The monoisotopic (exact) mass is 233 g/mol. The first-order chi connectivity index (χ1) is 6.92. The quantitative estimate of drug-likeness (QED) is 0.753. The number of aliphatic hydroxyl groups excluding tert-OH is 1. The Morgan fingerprint density at radius 1 is 1.53 bits per heavy atom. The summed E-state index contributed by atoms with van der Waals surface area (Å²) in [6, 6.07) is 0.0369. The van der Waals surface area contributed by atoms with E-state index < -0.39 is 11.7 Å². The van der Waals surface area contributed by atoms with Gasteiger partial charge >= 0.3 is 6.09 Å². The summed E-state index contributed by atoms with van der Waals surface area (Å²) >= 11 is 1.74. The van der Waals surface area contributed by atoms with Crippen molar-refractivity contribution in [1.82, 2.24) is 5.32 Å². The number of carbonyl (C=O) groups excluding carboxylic acids is 1. The third-order valence-corrected chi connectivity index (χ3v) is 3.39. The molecule has 5 heteroatoms. The van der Waals surface area contributed by atoms with E-state index in [2.05, 4.69) is 5.32 Å². The summed E-state index contributed by atoms with van der Waals surface area (Å²) in [7, 11) is 0. The second-order valence-electron chi connectivity index (χ2n) is 4.73. The molecular formula is C10H19NO3S. The molecule has 1 aliphatic rings. The summed E-state index contributed by atoms with van der Waals surface area (Å²) < 4.78 is 5.15. The average Bonchev–Trinajstić information content (AvgIpc) is 2.48. The molecule has 1 heterocycles. The van der Waals surface area contributed by atoms with Gasteiger partial charge in [0.05, 0.1) is 0 Å². The lowest BCUT2D eigenvalue weighted by atomic mass is 10.1. The number of amides is 1. The van der Waals surface area contributed by atoms with Crippen molar-refractivity contribution in [3.05, 3.63) is 0 Å². The highest BCUT2D eigenvalue weighted by atomic mass is 32.2. The molecule has 0 bridgehead atoms. The fourth-order valence-corrected chi connectivity index (χ4v) is 2.78. The molecule has 0 aromatic heterocycles. The van der Waals surface area contributed by atoms with Crippen molar-refractivity contribution in [2.24, 2.45) is 5.92 Å². The van der Waals surface area contributed by atoms with E-state index in [9.17, 15) is 4.79 Å². The van der Waals surface area contributed by atoms with E-state index in [4.69, 9.17) is 9.84 Å². The highest BCUT2D eigenvalue weighted by Gasteiger charge is 2.29. The van der Waals surface area contributed by atoms with Crippen molar-refractivity contribution in [2.75, 3.05) is 18.1 Å². The second kappa shape index (κ2) is 5.07. The van der Waals surface area contributed by atoms with Gasteiger partial charge in [0.25, 0.3) is 0 Å². The molecule has 0 unspecified atom stereocenters. The summed E-state index contributed by atoms with van der Waals surface area (Å²) in [6.07, 6.45) is -0.395. The summed E-state index contributed by atoms with van der Waals surface area (Å²) in [4.78, 5) is 11.5. The molecule has 0 spiro atoms. The van der Waals surface area contributed by atoms with Crippen molar-refractivity contribution < 1.29 is 14.6 Å². The average molecular weight is 233 g/mol. The number of alkyl carbamates (subject to hydrolysis) is 1. The molecule has 0 saturated carbocycles. The summed E-state index contributed by atoms with van der Waals surface area (Å²) in [5.74, 6) is 1.91. The maximum absolute atomic E-state index is 11.5. The SMILES string of the molecule is CC(C)(C)OC(=O)N[C@@H]1CSC[C@H]1CO. The zero-order valence-corrected chi connectivity index (χ0v) is 10.3. The van der Waals surface area contributed by atoms with Gasteiger partial charge in [0.15, 0.2) is 0 Å². The molecule has 0 aromatic rings. The molecule has 1 fully saturated rings. The summed E-state index contributed by atoms with van der Waals surface area (Å²) in [5.41, 5.74) is -0.468. The molecular weight excluding hydrogens is 214 g/mol. The second-order valence-corrected chi connectivity index (χ2v) is 5.81. The molecule has 0 aliphatic carbocycles. The Balaban J connectivity index is 2.37. The zero-order valence-electron chi connectivity index (χ0n) is 9.45. The van der Waals surface area contributed by atoms with E-state index in [1.807, 2.05) is 20.8 Å². The van der Waals surface area contributed by atoms with Crippen molar-refractivity contribution in [3.8, 4) is 0 Å². The highest BCUT2D eigenvalue weighted by Crippen LogP contribution is 2.24. The molecule has 15 heavy (non-hydrogen) atoms. The normalized spacial score (nSPS) is 26.4. The number of hydrogen-bond acceptors (Lipinski definition) is 4. The standard InChI is InChI=1S/C10H19NO3S/c1-10(2,3)14-9(13)11-8-6-15-5-7(8)4-12/h7-8,12H,4-6H2,1-3H3,(H,11,13)/t7-,8-/m1/s1. The molecule has 0 aromatic carbocycles. The Morgan fingerprint density at radius 2 is 2.20 bits per heavy atom. The predicted molar refractivity (Wildman–Crippen MR) is 61.1 cm³/mol. The first kappa shape index (κ1) is 12.6. The Labute approximate surface area is 94.8 Å². The maximum Gasteiger partial charge on any atom is 0.407 e. The van der Waals surface area contributed by atoms with Crippen LogP contribution in [0, 0.1) is 5.92 Å². The fourth-order valence-electron chi connectivity index (χ4n) is 1.40. The minimum absolute atomic E-state index is 0.0369. The molecule has 1 amide bonds. The first-order valence-corrected chi connectivity index (χ1v) is 6.26. The van der Waals surface area contributed by atoms with Crippen molar-refractivity contribution in [1.29, 1.82) is 0 Å². The highest BCUT2D eigenvalue weighted by molar-refractivity contribution is 7.99. The Hall–Kier alpha value is -0.420. The van der Waals surface area contributed by atoms with Gasteiger partial charge in [-0.1, -0.05) is 0 Å². The zero-order chi connectivity index (χ0) is 11.5. The van der Waals surface area contributed by atoms with Crippen LogP contribution in [0.25, 0.3) is 0 Å².